The molecule has 6 heteroatoms. The number of hydrogen-bond donors (Lipinski definition) is 0. The lowest BCUT2D eigenvalue weighted by Crippen LogP contribution is -2.30. The third-order valence-electron chi connectivity index (χ3n) is 3.84. The van der Waals surface area contributed by atoms with Gasteiger partial charge in [0.15, 0.2) is 0 Å². The second-order valence-electron chi connectivity index (χ2n) is 5.21. The summed E-state index contributed by atoms with van der Waals surface area (Å²) in [5, 5.41) is 0. The largest absolute Gasteiger partial charge is 0.306 e. The molecule has 0 amide bonds. The monoisotopic (exact) mass is 329 g/mol. The first kappa shape index (κ1) is 15.7. The fraction of sp³-hybridized carbons (Fsp3) is 0.235. The van der Waals surface area contributed by atoms with Gasteiger partial charge in [0.05, 0.1) is 10.6 Å². The Hall–Kier alpha value is -2.18. The summed E-state index contributed by atoms with van der Waals surface area (Å²) in [6.45, 7) is 4.59. The molecule has 0 spiro atoms. The molecular weight excluding hydrogens is 310 g/mol. The van der Waals surface area contributed by atoms with Crippen molar-refractivity contribution in [3.05, 3.63) is 54.9 Å². The summed E-state index contributed by atoms with van der Waals surface area (Å²) in [5.74, 6) is 0. The Kier molecular flexibility index (Phi) is 4.19. The molecule has 0 aliphatic rings. The van der Waals surface area contributed by atoms with Crippen molar-refractivity contribution in [3.8, 4) is 11.3 Å². The highest BCUT2D eigenvalue weighted by molar-refractivity contribution is 7.89. The molecule has 1 aromatic carbocycles. The van der Waals surface area contributed by atoms with Gasteiger partial charge in [-0.05, 0) is 24.3 Å². The van der Waals surface area contributed by atoms with Crippen molar-refractivity contribution in [2.45, 2.75) is 18.7 Å². The zero-order chi connectivity index (χ0) is 16.4. The molecule has 0 saturated heterocycles. The van der Waals surface area contributed by atoms with Crippen LogP contribution in [0.5, 0.6) is 0 Å². The minimum Gasteiger partial charge on any atom is -0.306 e. The third-order valence-corrected chi connectivity index (χ3v) is 5.88. The highest BCUT2D eigenvalue weighted by Gasteiger charge is 2.22. The Labute approximate surface area is 136 Å². The van der Waals surface area contributed by atoms with Crippen LogP contribution >= 0.6 is 0 Å². The van der Waals surface area contributed by atoms with E-state index in [1.54, 1.807) is 18.2 Å². The second-order valence-corrected chi connectivity index (χ2v) is 7.15. The van der Waals surface area contributed by atoms with Gasteiger partial charge in [0.1, 0.15) is 5.65 Å². The van der Waals surface area contributed by atoms with Crippen molar-refractivity contribution in [1.29, 1.82) is 0 Å². The van der Waals surface area contributed by atoms with Crippen LogP contribution in [-0.4, -0.2) is 35.2 Å². The lowest BCUT2D eigenvalue weighted by Gasteiger charge is -2.18. The van der Waals surface area contributed by atoms with Crippen molar-refractivity contribution in [1.82, 2.24) is 13.7 Å². The van der Waals surface area contributed by atoms with Crippen LogP contribution in [0.4, 0.5) is 0 Å². The maximum atomic E-state index is 12.7. The van der Waals surface area contributed by atoms with Gasteiger partial charge >= 0.3 is 0 Å². The number of sulfonamides is 1. The Bertz CT molecular complexity index is 895. The van der Waals surface area contributed by atoms with Crippen molar-refractivity contribution >= 4 is 15.7 Å². The summed E-state index contributed by atoms with van der Waals surface area (Å²) in [7, 11) is -3.46. The summed E-state index contributed by atoms with van der Waals surface area (Å²) in [4.78, 5) is 4.85. The van der Waals surface area contributed by atoms with E-state index >= 15 is 0 Å². The first-order chi connectivity index (χ1) is 11.1. The summed E-state index contributed by atoms with van der Waals surface area (Å²) >= 11 is 0. The molecule has 23 heavy (non-hydrogen) atoms. The van der Waals surface area contributed by atoms with E-state index < -0.39 is 10.0 Å². The van der Waals surface area contributed by atoms with Crippen molar-refractivity contribution in [2.24, 2.45) is 0 Å². The van der Waals surface area contributed by atoms with Gasteiger partial charge in [0.2, 0.25) is 10.0 Å². The maximum absolute atomic E-state index is 12.7. The second kappa shape index (κ2) is 6.14. The van der Waals surface area contributed by atoms with Gasteiger partial charge in [-0.1, -0.05) is 32.0 Å². The van der Waals surface area contributed by atoms with Crippen LogP contribution in [0.3, 0.4) is 0 Å². The Morgan fingerprint density at radius 2 is 1.87 bits per heavy atom. The van der Waals surface area contributed by atoms with E-state index in [1.165, 1.54) is 4.31 Å². The molecule has 0 fully saturated rings. The molecule has 5 nitrogen and oxygen atoms in total. The molecule has 3 rings (SSSR count). The van der Waals surface area contributed by atoms with E-state index in [2.05, 4.69) is 4.98 Å². The summed E-state index contributed by atoms with van der Waals surface area (Å²) in [5.41, 5.74) is 2.38. The van der Waals surface area contributed by atoms with E-state index in [1.807, 2.05) is 54.9 Å². The van der Waals surface area contributed by atoms with Crippen LogP contribution < -0.4 is 0 Å². The van der Waals surface area contributed by atoms with Crippen LogP contribution in [-0.2, 0) is 10.0 Å². The van der Waals surface area contributed by atoms with Crippen LogP contribution in [0.2, 0.25) is 0 Å². The average Bonchev–Trinajstić information content (AvgIpc) is 3.00. The van der Waals surface area contributed by atoms with Crippen LogP contribution in [0.25, 0.3) is 16.9 Å². The highest BCUT2D eigenvalue weighted by Crippen LogP contribution is 2.24. The molecule has 120 valence electrons. The standard InChI is InChI=1S/C17H19N3O2S/c1-3-20(4-2)23(21,22)15-9-7-8-14(12-15)16-13-19-11-6-5-10-17(19)18-16/h5-13H,3-4H2,1-2H3. The van der Waals surface area contributed by atoms with Gasteiger partial charge in [0, 0.05) is 31.0 Å². The van der Waals surface area contributed by atoms with E-state index in [4.69, 9.17) is 0 Å². The topological polar surface area (TPSA) is 54.7 Å². The Morgan fingerprint density at radius 1 is 1.09 bits per heavy atom. The first-order valence-corrected chi connectivity index (χ1v) is 9.04. The van der Waals surface area contributed by atoms with Gasteiger partial charge < -0.3 is 4.40 Å². The number of aromatic nitrogens is 2. The van der Waals surface area contributed by atoms with Crippen molar-refractivity contribution in [3.63, 3.8) is 0 Å². The summed E-state index contributed by atoms with van der Waals surface area (Å²) in [6.07, 6.45) is 3.82. The van der Waals surface area contributed by atoms with E-state index in [9.17, 15) is 8.42 Å². The quantitative estimate of drug-likeness (QED) is 0.723. The lowest BCUT2D eigenvalue weighted by atomic mass is 10.2. The predicted octanol–water partition coefficient (Wildman–Crippen LogP) is 3.03. The Morgan fingerprint density at radius 3 is 2.57 bits per heavy atom. The summed E-state index contributed by atoms with van der Waals surface area (Å²) in [6, 6.07) is 12.7. The van der Waals surface area contributed by atoms with Gasteiger partial charge in [-0.2, -0.15) is 4.31 Å². The molecule has 0 aliphatic carbocycles. The number of pyridine rings is 1. The number of benzene rings is 1. The van der Waals surface area contributed by atoms with Crippen LogP contribution in [0.1, 0.15) is 13.8 Å². The molecule has 3 aromatic rings. The molecule has 0 saturated carbocycles. The fourth-order valence-corrected chi connectivity index (χ4v) is 4.11. The van der Waals surface area contributed by atoms with Gasteiger partial charge in [-0.3, -0.25) is 0 Å². The molecule has 0 N–H and O–H groups in total. The van der Waals surface area contributed by atoms with Gasteiger partial charge in [0.25, 0.3) is 0 Å². The smallest absolute Gasteiger partial charge is 0.243 e. The fourth-order valence-electron chi connectivity index (χ4n) is 2.60. The lowest BCUT2D eigenvalue weighted by molar-refractivity contribution is 0.445. The average molecular weight is 329 g/mol. The zero-order valence-electron chi connectivity index (χ0n) is 13.2. The number of nitrogens with zero attached hydrogens (tertiary/aromatic N) is 3. The van der Waals surface area contributed by atoms with Crippen LogP contribution in [0, 0.1) is 0 Å². The van der Waals surface area contributed by atoms with E-state index in [0.717, 1.165) is 16.9 Å². The highest BCUT2D eigenvalue weighted by atomic mass is 32.2. The van der Waals surface area contributed by atoms with Crippen LogP contribution in [0.15, 0.2) is 59.8 Å². The van der Waals surface area contributed by atoms with E-state index in [0.29, 0.717) is 18.0 Å². The third kappa shape index (κ3) is 2.87. The maximum Gasteiger partial charge on any atom is 0.243 e. The number of hydrogen-bond acceptors (Lipinski definition) is 3. The molecule has 0 aliphatic heterocycles. The van der Waals surface area contributed by atoms with E-state index in [-0.39, 0.29) is 0 Å². The molecule has 2 aromatic heterocycles. The first-order valence-electron chi connectivity index (χ1n) is 7.60. The normalized spacial score (nSPS) is 12.1. The molecule has 0 unspecified atom stereocenters. The predicted molar refractivity (Wildman–Crippen MR) is 90.7 cm³/mol. The summed E-state index contributed by atoms with van der Waals surface area (Å²) < 4.78 is 28.7. The number of fused-ring (bicyclic) bond motifs is 1. The molecule has 2 heterocycles. The molecular formula is C17H19N3O2S. The van der Waals surface area contributed by atoms with Gasteiger partial charge in [-0.15, -0.1) is 0 Å². The number of imidazole rings is 1. The van der Waals surface area contributed by atoms with Crippen molar-refractivity contribution < 1.29 is 8.42 Å². The van der Waals surface area contributed by atoms with Crippen molar-refractivity contribution in [2.75, 3.05) is 13.1 Å². The molecule has 0 radical (unpaired) electrons. The minimum atomic E-state index is -3.46. The Balaban J connectivity index is 2.06. The SMILES string of the molecule is CCN(CC)S(=O)(=O)c1cccc(-c2cn3ccccc3n2)c1. The minimum absolute atomic E-state index is 0.302. The zero-order valence-corrected chi connectivity index (χ0v) is 14.0. The molecule has 0 atom stereocenters. The van der Waals surface area contributed by atoms with Gasteiger partial charge in [-0.25, -0.2) is 13.4 Å². The molecule has 0 bridgehead atoms. The number of rotatable bonds is 5.